The number of sulfonamides is 1. The minimum atomic E-state index is -3.80. The highest BCUT2D eigenvalue weighted by molar-refractivity contribution is 7.92. The summed E-state index contributed by atoms with van der Waals surface area (Å²) in [6, 6.07) is 19.0. The summed E-state index contributed by atoms with van der Waals surface area (Å²) >= 11 is 0. The summed E-state index contributed by atoms with van der Waals surface area (Å²) in [5, 5.41) is 0. The van der Waals surface area contributed by atoms with Crippen LogP contribution in [0.3, 0.4) is 0 Å². The zero-order valence-corrected chi connectivity index (χ0v) is 18.6. The molecule has 7 nitrogen and oxygen atoms in total. The average Bonchev–Trinajstić information content (AvgIpc) is 3.01. The standard InChI is InChI=1S/C23H26N4O3S/c1-17-15-23(2,3)27(16-17)22-24-20(26-31(28,29)19-12-8-5-9-13-19)14-21(25-22)30-18-10-6-4-7-11-18/h4-14,17H,15-16H2,1-3H3,(H,24,25,26). The molecule has 1 fully saturated rings. The van der Waals surface area contributed by atoms with E-state index in [4.69, 9.17) is 4.74 Å². The lowest BCUT2D eigenvalue weighted by Gasteiger charge is -2.31. The van der Waals surface area contributed by atoms with Crippen LogP contribution in [0, 0.1) is 5.92 Å². The van der Waals surface area contributed by atoms with Gasteiger partial charge in [0.05, 0.1) is 4.90 Å². The summed E-state index contributed by atoms with van der Waals surface area (Å²) < 4.78 is 34.2. The molecule has 31 heavy (non-hydrogen) atoms. The van der Waals surface area contributed by atoms with E-state index in [1.54, 1.807) is 18.2 Å². The highest BCUT2D eigenvalue weighted by Crippen LogP contribution is 2.36. The Morgan fingerprint density at radius 1 is 1.03 bits per heavy atom. The topological polar surface area (TPSA) is 84.4 Å². The minimum absolute atomic E-state index is 0.152. The fourth-order valence-corrected chi connectivity index (χ4v) is 5.00. The van der Waals surface area contributed by atoms with E-state index in [-0.39, 0.29) is 22.1 Å². The molecule has 2 heterocycles. The number of rotatable bonds is 6. The molecule has 4 rings (SSSR count). The monoisotopic (exact) mass is 438 g/mol. The van der Waals surface area contributed by atoms with Crippen LogP contribution in [0.2, 0.25) is 0 Å². The normalized spacial score (nSPS) is 18.0. The van der Waals surface area contributed by atoms with Crippen LogP contribution >= 0.6 is 0 Å². The molecular formula is C23H26N4O3S. The van der Waals surface area contributed by atoms with Gasteiger partial charge < -0.3 is 9.64 Å². The Labute approximate surface area is 183 Å². The third-order valence-corrected chi connectivity index (χ3v) is 6.63. The molecule has 1 saturated heterocycles. The Bertz CT molecular complexity index is 1150. The smallest absolute Gasteiger partial charge is 0.263 e. The molecule has 3 aromatic rings. The van der Waals surface area contributed by atoms with Crippen LogP contribution in [0.4, 0.5) is 11.8 Å². The molecule has 1 aromatic heterocycles. The number of anilines is 2. The summed E-state index contributed by atoms with van der Waals surface area (Å²) in [6.45, 7) is 7.24. The van der Waals surface area contributed by atoms with Crippen molar-refractivity contribution in [3.8, 4) is 11.6 Å². The first-order valence-electron chi connectivity index (χ1n) is 10.2. The SMILES string of the molecule is CC1CN(c2nc(NS(=O)(=O)c3ccccc3)cc(Oc3ccccc3)n2)C(C)(C)C1. The lowest BCUT2D eigenvalue weighted by molar-refractivity contribution is 0.455. The van der Waals surface area contributed by atoms with E-state index >= 15 is 0 Å². The van der Waals surface area contributed by atoms with E-state index < -0.39 is 10.0 Å². The van der Waals surface area contributed by atoms with Crippen LogP contribution in [0.1, 0.15) is 27.2 Å². The zero-order chi connectivity index (χ0) is 22.1. The first-order chi connectivity index (χ1) is 14.7. The maximum atomic E-state index is 12.9. The van der Waals surface area contributed by atoms with E-state index in [1.807, 2.05) is 30.3 Å². The fraction of sp³-hybridized carbons (Fsp3) is 0.304. The number of nitrogens with one attached hydrogen (secondary N) is 1. The summed E-state index contributed by atoms with van der Waals surface area (Å²) in [7, 11) is -3.80. The summed E-state index contributed by atoms with van der Waals surface area (Å²) in [6.07, 6.45) is 0.991. The number of aromatic nitrogens is 2. The Kier molecular flexibility index (Phi) is 5.58. The summed E-state index contributed by atoms with van der Waals surface area (Å²) in [5.74, 6) is 1.96. The fourth-order valence-electron chi connectivity index (χ4n) is 3.98. The molecule has 0 saturated carbocycles. The summed E-state index contributed by atoms with van der Waals surface area (Å²) in [5.41, 5.74) is -0.152. The number of hydrogen-bond acceptors (Lipinski definition) is 6. The Balaban J connectivity index is 1.73. The van der Waals surface area contributed by atoms with Gasteiger partial charge in [-0.05, 0) is 50.5 Å². The van der Waals surface area contributed by atoms with E-state index in [0.29, 0.717) is 17.6 Å². The van der Waals surface area contributed by atoms with Crippen molar-refractivity contribution >= 4 is 21.8 Å². The van der Waals surface area contributed by atoms with E-state index in [0.717, 1.165) is 13.0 Å². The number of hydrogen-bond donors (Lipinski definition) is 1. The minimum Gasteiger partial charge on any atom is -0.439 e. The van der Waals surface area contributed by atoms with Crippen molar-refractivity contribution in [2.75, 3.05) is 16.2 Å². The van der Waals surface area contributed by atoms with Gasteiger partial charge in [0.25, 0.3) is 10.0 Å². The van der Waals surface area contributed by atoms with Crippen LogP contribution in [-0.2, 0) is 10.0 Å². The van der Waals surface area contributed by atoms with Crippen LogP contribution in [0.25, 0.3) is 0 Å². The van der Waals surface area contributed by atoms with Gasteiger partial charge in [-0.1, -0.05) is 43.3 Å². The predicted octanol–water partition coefficient (Wildman–Crippen LogP) is 4.69. The van der Waals surface area contributed by atoms with Crippen molar-refractivity contribution in [2.45, 2.75) is 37.6 Å². The van der Waals surface area contributed by atoms with Gasteiger partial charge in [-0.15, -0.1) is 0 Å². The predicted molar refractivity (Wildman–Crippen MR) is 121 cm³/mol. The second kappa shape index (κ2) is 8.19. The first-order valence-corrected chi connectivity index (χ1v) is 11.7. The van der Waals surface area contributed by atoms with Crippen molar-refractivity contribution in [3.63, 3.8) is 0 Å². The number of para-hydroxylation sites is 1. The van der Waals surface area contributed by atoms with Crippen molar-refractivity contribution < 1.29 is 13.2 Å². The van der Waals surface area contributed by atoms with Gasteiger partial charge >= 0.3 is 0 Å². The largest absolute Gasteiger partial charge is 0.439 e. The Morgan fingerprint density at radius 2 is 1.68 bits per heavy atom. The maximum absolute atomic E-state index is 12.9. The quantitative estimate of drug-likeness (QED) is 0.601. The van der Waals surface area contributed by atoms with Crippen LogP contribution in [0.5, 0.6) is 11.6 Å². The van der Waals surface area contributed by atoms with E-state index in [2.05, 4.69) is 40.4 Å². The lowest BCUT2D eigenvalue weighted by Crippen LogP contribution is -2.39. The Morgan fingerprint density at radius 3 is 2.29 bits per heavy atom. The number of benzene rings is 2. The van der Waals surface area contributed by atoms with Gasteiger partial charge in [-0.25, -0.2) is 8.42 Å². The molecule has 2 aromatic carbocycles. The molecule has 0 radical (unpaired) electrons. The van der Waals surface area contributed by atoms with Crippen molar-refractivity contribution in [3.05, 3.63) is 66.7 Å². The third-order valence-electron chi connectivity index (χ3n) is 5.26. The first kappa shape index (κ1) is 21.1. The van der Waals surface area contributed by atoms with Crippen molar-refractivity contribution in [2.24, 2.45) is 5.92 Å². The van der Waals surface area contributed by atoms with Gasteiger partial charge in [0.2, 0.25) is 11.8 Å². The van der Waals surface area contributed by atoms with Crippen LogP contribution < -0.4 is 14.4 Å². The van der Waals surface area contributed by atoms with Crippen LogP contribution in [-0.4, -0.2) is 30.5 Å². The highest BCUT2D eigenvalue weighted by atomic mass is 32.2. The van der Waals surface area contributed by atoms with Gasteiger partial charge in [0.15, 0.2) is 0 Å². The number of ether oxygens (including phenoxy) is 1. The lowest BCUT2D eigenvalue weighted by atomic mass is 9.98. The average molecular weight is 439 g/mol. The Hall–Kier alpha value is -3.13. The molecule has 1 aliphatic rings. The molecule has 1 aliphatic heterocycles. The highest BCUT2D eigenvalue weighted by Gasteiger charge is 2.38. The van der Waals surface area contributed by atoms with Gasteiger partial charge in [0.1, 0.15) is 11.6 Å². The molecular weight excluding hydrogens is 412 g/mol. The molecule has 0 spiro atoms. The zero-order valence-electron chi connectivity index (χ0n) is 17.8. The van der Waals surface area contributed by atoms with Crippen molar-refractivity contribution in [1.82, 2.24) is 9.97 Å². The molecule has 162 valence electrons. The molecule has 1 atom stereocenters. The molecule has 0 amide bonds. The van der Waals surface area contributed by atoms with Gasteiger partial charge in [-0.3, -0.25) is 4.72 Å². The summed E-state index contributed by atoms with van der Waals surface area (Å²) in [4.78, 5) is 11.4. The van der Waals surface area contributed by atoms with Crippen molar-refractivity contribution in [1.29, 1.82) is 0 Å². The third kappa shape index (κ3) is 4.80. The molecule has 0 aliphatic carbocycles. The second-order valence-corrected chi connectivity index (χ2v) is 10.1. The number of nitrogens with zero attached hydrogens (tertiary/aromatic N) is 3. The molecule has 8 heteroatoms. The van der Waals surface area contributed by atoms with E-state index in [1.165, 1.54) is 18.2 Å². The molecule has 1 N–H and O–H groups in total. The maximum Gasteiger partial charge on any atom is 0.263 e. The van der Waals surface area contributed by atoms with Crippen LogP contribution in [0.15, 0.2) is 71.6 Å². The van der Waals surface area contributed by atoms with Gasteiger partial charge in [-0.2, -0.15) is 9.97 Å². The molecule has 1 unspecified atom stereocenters. The molecule has 0 bridgehead atoms. The van der Waals surface area contributed by atoms with Gasteiger partial charge in [0, 0.05) is 18.2 Å². The second-order valence-electron chi connectivity index (χ2n) is 8.46. The van der Waals surface area contributed by atoms with E-state index in [9.17, 15) is 8.42 Å².